The van der Waals surface area contributed by atoms with Gasteiger partial charge in [-0.2, -0.15) is 5.26 Å². The molecule has 0 fully saturated rings. The molecule has 8 heteroatoms. The molecule has 0 bridgehead atoms. The Morgan fingerprint density at radius 1 is 1.15 bits per heavy atom. The van der Waals surface area contributed by atoms with Gasteiger partial charge in [-0.05, 0) is 72.5 Å². The molecule has 7 nitrogen and oxygen atoms in total. The maximum Gasteiger partial charge on any atom is 0.269 e. The van der Waals surface area contributed by atoms with Crippen molar-refractivity contribution in [3.8, 4) is 11.8 Å². The second-order valence-electron chi connectivity index (χ2n) is 7.34. The first-order chi connectivity index (χ1) is 15.8. The summed E-state index contributed by atoms with van der Waals surface area (Å²) in [6.45, 7) is 3.97. The number of carbonyl (C=O) groups excluding carboxylic acids is 1. The normalized spacial score (nSPS) is 10.9. The lowest BCUT2D eigenvalue weighted by Crippen LogP contribution is -2.14. The van der Waals surface area contributed by atoms with Gasteiger partial charge in [-0.3, -0.25) is 14.9 Å². The van der Waals surface area contributed by atoms with Gasteiger partial charge in [-0.15, -0.1) is 0 Å². The minimum atomic E-state index is -0.513. The summed E-state index contributed by atoms with van der Waals surface area (Å²) in [7, 11) is 0. The smallest absolute Gasteiger partial charge is 0.269 e. The molecule has 0 unspecified atom stereocenters. The number of carbonyl (C=O) groups is 1. The zero-order valence-corrected chi connectivity index (χ0v) is 18.7. The maximum atomic E-state index is 12.6. The van der Waals surface area contributed by atoms with E-state index in [1.54, 1.807) is 30.3 Å². The summed E-state index contributed by atoms with van der Waals surface area (Å²) in [6, 6.07) is 18.5. The Kier molecular flexibility index (Phi) is 7.44. The predicted molar refractivity (Wildman–Crippen MR) is 127 cm³/mol. The van der Waals surface area contributed by atoms with Crippen molar-refractivity contribution in [2.24, 2.45) is 0 Å². The average Bonchev–Trinajstić information content (AvgIpc) is 2.79. The van der Waals surface area contributed by atoms with E-state index in [4.69, 9.17) is 16.3 Å². The highest BCUT2D eigenvalue weighted by Crippen LogP contribution is 2.28. The number of aryl methyl sites for hydroxylation is 2. The fourth-order valence-electron chi connectivity index (χ4n) is 2.97. The van der Waals surface area contributed by atoms with E-state index in [0.717, 1.165) is 16.7 Å². The third-order valence-electron chi connectivity index (χ3n) is 4.81. The Labute approximate surface area is 196 Å². The summed E-state index contributed by atoms with van der Waals surface area (Å²) >= 11 is 6.31. The van der Waals surface area contributed by atoms with Crippen LogP contribution >= 0.6 is 11.6 Å². The highest BCUT2D eigenvalue weighted by Gasteiger charge is 2.12. The molecule has 0 aliphatic rings. The second kappa shape index (κ2) is 10.4. The molecule has 3 aromatic rings. The van der Waals surface area contributed by atoms with Crippen molar-refractivity contribution in [1.29, 1.82) is 5.26 Å². The monoisotopic (exact) mass is 461 g/mol. The number of nitrogens with one attached hydrogen (secondary N) is 1. The number of nitrogens with zero attached hydrogens (tertiary/aromatic N) is 2. The van der Waals surface area contributed by atoms with E-state index in [-0.39, 0.29) is 17.9 Å². The molecule has 0 heterocycles. The predicted octanol–water partition coefficient (Wildman–Crippen LogP) is 5.99. The molecule has 0 spiro atoms. The van der Waals surface area contributed by atoms with E-state index in [9.17, 15) is 20.2 Å². The van der Waals surface area contributed by atoms with Crippen molar-refractivity contribution in [1.82, 2.24) is 0 Å². The van der Waals surface area contributed by atoms with Gasteiger partial charge in [0.2, 0.25) is 0 Å². The van der Waals surface area contributed by atoms with Crippen molar-refractivity contribution in [3.63, 3.8) is 0 Å². The summed E-state index contributed by atoms with van der Waals surface area (Å²) in [5.74, 6) is -0.105. The van der Waals surface area contributed by atoms with E-state index in [0.29, 0.717) is 22.0 Å². The van der Waals surface area contributed by atoms with Crippen LogP contribution in [0.15, 0.2) is 66.2 Å². The minimum Gasteiger partial charge on any atom is -0.487 e. The molecule has 0 atom stereocenters. The number of amides is 1. The first kappa shape index (κ1) is 23.5. The summed E-state index contributed by atoms with van der Waals surface area (Å²) < 4.78 is 5.69. The van der Waals surface area contributed by atoms with Gasteiger partial charge in [-0.1, -0.05) is 29.8 Å². The lowest BCUT2D eigenvalue weighted by molar-refractivity contribution is -0.384. The van der Waals surface area contributed by atoms with E-state index >= 15 is 0 Å². The number of halogens is 1. The zero-order chi connectivity index (χ0) is 24.0. The topological polar surface area (TPSA) is 105 Å². The van der Waals surface area contributed by atoms with Crippen molar-refractivity contribution in [2.45, 2.75) is 20.5 Å². The lowest BCUT2D eigenvalue weighted by Gasteiger charge is -2.10. The number of non-ortho nitro benzene ring substituents is 1. The van der Waals surface area contributed by atoms with Crippen LogP contribution in [0.4, 0.5) is 11.4 Å². The molecule has 33 heavy (non-hydrogen) atoms. The molecule has 1 N–H and O–H groups in total. The summed E-state index contributed by atoms with van der Waals surface area (Å²) in [5.41, 5.74) is 3.78. The molecule has 1 amide bonds. The molecule has 0 aromatic heterocycles. The molecular weight excluding hydrogens is 442 g/mol. The SMILES string of the molecule is Cc1ccc(C)c(NC(=O)/C(C#N)=C/c2ccc(OCc3ccc([N+](=O)[O-])cc3)c(Cl)c2)c1. The van der Waals surface area contributed by atoms with Gasteiger partial charge in [0.15, 0.2) is 0 Å². The summed E-state index contributed by atoms with van der Waals surface area (Å²) in [6.07, 6.45) is 1.45. The molecule has 0 saturated carbocycles. The Morgan fingerprint density at radius 2 is 1.88 bits per heavy atom. The van der Waals surface area contributed by atoms with Crippen LogP contribution in [0, 0.1) is 35.3 Å². The number of nitriles is 1. The van der Waals surface area contributed by atoms with Crippen molar-refractivity contribution in [3.05, 3.63) is 104 Å². The molecular formula is C25H20ClN3O4. The van der Waals surface area contributed by atoms with Crippen molar-refractivity contribution < 1.29 is 14.5 Å². The molecule has 166 valence electrons. The Hall–Kier alpha value is -4.15. The first-order valence-corrected chi connectivity index (χ1v) is 10.3. The number of benzene rings is 3. The van der Waals surface area contributed by atoms with E-state index in [2.05, 4.69) is 5.32 Å². The largest absolute Gasteiger partial charge is 0.487 e. The van der Waals surface area contributed by atoms with Gasteiger partial charge >= 0.3 is 0 Å². The molecule has 0 saturated heterocycles. The van der Waals surface area contributed by atoms with Crippen molar-refractivity contribution in [2.75, 3.05) is 5.32 Å². The number of nitro groups is 1. The van der Waals surface area contributed by atoms with E-state index in [1.165, 1.54) is 18.2 Å². The quantitative estimate of drug-likeness (QED) is 0.201. The van der Waals surface area contributed by atoms with Crippen LogP contribution in [0.5, 0.6) is 5.75 Å². The Morgan fingerprint density at radius 3 is 2.52 bits per heavy atom. The fourth-order valence-corrected chi connectivity index (χ4v) is 3.22. The van der Waals surface area contributed by atoms with Gasteiger partial charge in [-0.25, -0.2) is 0 Å². The molecule has 0 radical (unpaired) electrons. The molecule has 0 aliphatic carbocycles. The van der Waals surface area contributed by atoms with Gasteiger partial charge in [0, 0.05) is 17.8 Å². The number of rotatable bonds is 7. The number of ether oxygens (including phenoxy) is 1. The highest BCUT2D eigenvalue weighted by molar-refractivity contribution is 6.32. The van der Waals surface area contributed by atoms with Crippen LogP contribution < -0.4 is 10.1 Å². The minimum absolute atomic E-state index is 0.00261. The molecule has 3 aromatic carbocycles. The second-order valence-corrected chi connectivity index (χ2v) is 7.75. The Balaban J connectivity index is 1.70. The van der Waals surface area contributed by atoms with Crippen LogP contribution in [-0.2, 0) is 11.4 Å². The summed E-state index contributed by atoms with van der Waals surface area (Å²) in [4.78, 5) is 22.9. The van der Waals surface area contributed by atoms with Crippen molar-refractivity contribution >= 4 is 35.0 Å². The molecule has 3 rings (SSSR count). The number of nitro benzene ring substituents is 1. The van der Waals surface area contributed by atoms with Gasteiger partial charge in [0.25, 0.3) is 11.6 Å². The molecule has 0 aliphatic heterocycles. The maximum absolute atomic E-state index is 12.6. The average molecular weight is 462 g/mol. The summed E-state index contributed by atoms with van der Waals surface area (Å²) in [5, 5.41) is 23.3. The van der Waals surface area contributed by atoms with Gasteiger partial charge < -0.3 is 10.1 Å². The third kappa shape index (κ3) is 6.19. The number of anilines is 1. The van der Waals surface area contributed by atoms with Gasteiger partial charge in [0.1, 0.15) is 24.0 Å². The lowest BCUT2D eigenvalue weighted by atomic mass is 10.1. The Bertz CT molecular complexity index is 1280. The van der Waals surface area contributed by atoms with Gasteiger partial charge in [0.05, 0.1) is 9.95 Å². The fraction of sp³-hybridized carbons (Fsp3) is 0.120. The first-order valence-electron chi connectivity index (χ1n) is 9.93. The van der Waals surface area contributed by atoms with Crippen LogP contribution in [0.3, 0.4) is 0 Å². The number of hydrogen-bond donors (Lipinski definition) is 1. The standard InChI is InChI=1S/C25H20ClN3O4/c1-16-3-4-17(2)23(11-16)28-25(30)20(14-27)12-19-7-10-24(22(26)13-19)33-15-18-5-8-21(9-6-18)29(31)32/h3-13H,15H2,1-2H3,(H,28,30)/b20-12+. The van der Waals surface area contributed by atoms with E-state index < -0.39 is 10.8 Å². The van der Waals surface area contributed by atoms with E-state index in [1.807, 2.05) is 38.1 Å². The van der Waals surface area contributed by atoms with Crippen LogP contribution in [0.2, 0.25) is 5.02 Å². The number of hydrogen-bond acceptors (Lipinski definition) is 5. The van der Waals surface area contributed by atoms with Crippen LogP contribution in [-0.4, -0.2) is 10.8 Å². The van der Waals surface area contributed by atoms with Crippen LogP contribution in [0.25, 0.3) is 6.08 Å². The van der Waals surface area contributed by atoms with Crippen LogP contribution in [0.1, 0.15) is 22.3 Å². The third-order valence-corrected chi connectivity index (χ3v) is 5.11. The zero-order valence-electron chi connectivity index (χ0n) is 18.0. The highest BCUT2D eigenvalue weighted by atomic mass is 35.5.